The summed E-state index contributed by atoms with van der Waals surface area (Å²) in [5.41, 5.74) is 1.25. The van der Waals surface area contributed by atoms with Gasteiger partial charge in [0.25, 0.3) is 0 Å². The van der Waals surface area contributed by atoms with Gasteiger partial charge in [-0.3, -0.25) is 4.79 Å². The number of carbonyl (C=O) groups excluding carboxylic acids is 1. The molecule has 0 aromatic carbocycles. The van der Waals surface area contributed by atoms with Crippen LogP contribution in [0.25, 0.3) is 0 Å². The van der Waals surface area contributed by atoms with Gasteiger partial charge in [-0.1, -0.05) is 26.7 Å². The zero-order valence-electron chi connectivity index (χ0n) is 11.0. The normalized spacial score (nSPS) is 18.8. The Morgan fingerprint density at radius 3 is 2.71 bits per heavy atom. The predicted octanol–water partition coefficient (Wildman–Crippen LogP) is 3.91. The topological polar surface area (TPSA) is 22.0 Å². The molecule has 0 unspecified atom stereocenters. The van der Waals surface area contributed by atoms with E-state index >= 15 is 0 Å². The molecule has 0 N–H and O–H groups in total. The Labute approximate surface area is 104 Å². The van der Waals surface area contributed by atoms with Crippen molar-refractivity contribution in [2.45, 2.75) is 52.5 Å². The van der Waals surface area contributed by atoms with E-state index in [-0.39, 0.29) is 0 Å². The number of rotatable bonds is 5. The maximum atomic E-state index is 11.0. The molecule has 0 spiro atoms. The Kier molecular flexibility index (Phi) is 3.70. The van der Waals surface area contributed by atoms with Gasteiger partial charge >= 0.3 is 0 Å². The summed E-state index contributed by atoms with van der Waals surface area (Å²) in [5, 5.41) is 0. The molecule has 0 aliphatic heterocycles. The minimum Gasteiger partial charge on any atom is -0.345 e. The summed E-state index contributed by atoms with van der Waals surface area (Å²) < 4.78 is 2.14. The van der Waals surface area contributed by atoms with Crippen molar-refractivity contribution >= 4 is 6.29 Å². The summed E-state index contributed by atoms with van der Waals surface area (Å²) in [6.45, 7) is 5.62. The average molecular weight is 233 g/mol. The minimum atomic E-state index is 0.435. The van der Waals surface area contributed by atoms with E-state index in [0.717, 1.165) is 24.4 Å². The molecule has 1 aliphatic rings. The first-order chi connectivity index (χ1) is 8.15. The molecule has 17 heavy (non-hydrogen) atoms. The number of hydrogen-bond donors (Lipinski definition) is 0. The van der Waals surface area contributed by atoms with Crippen LogP contribution in [0.3, 0.4) is 0 Å². The van der Waals surface area contributed by atoms with Gasteiger partial charge in [0, 0.05) is 12.7 Å². The van der Waals surface area contributed by atoms with E-state index in [9.17, 15) is 4.79 Å². The van der Waals surface area contributed by atoms with Crippen LogP contribution in [-0.4, -0.2) is 10.9 Å². The van der Waals surface area contributed by atoms with Crippen molar-refractivity contribution in [3.05, 3.63) is 24.0 Å². The van der Waals surface area contributed by atoms with E-state index in [2.05, 4.69) is 18.4 Å². The van der Waals surface area contributed by atoms with Crippen molar-refractivity contribution in [3.63, 3.8) is 0 Å². The second kappa shape index (κ2) is 5.07. The van der Waals surface area contributed by atoms with E-state index in [1.54, 1.807) is 0 Å². The van der Waals surface area contributed by atoms with Crippen LogP contribution >= 0.6 is 0 Å². The second-order valence-corrected chi connectivity index (χ2v) is 5.98. The molecule has 0 saturated heterocycles. The van der Waals surface area contributed by atoms with Crippen molar-refractivity contribution in [1.29, 1.82) is 0 Å². The lowest BCUT2D eigenvalue weighted by Crippen LogP contribution is -2.26. The third-order valence-electron chi connectivity index (χ3n) is 4.00. The van der Waals surface area contributed by atoms with Crippen LogP contribution in [-0.2, 0) is 6.54 Å². The fourth-order valence-corrected chi connectivity index (χ4v) is 3.46. The lowest BCUT2D eigenvalue weighted by molar-refractivity contribution is 0.111. The van der Waals surface area contributed by atoms with Crippen molar-refractivity contribution < 1.29 is 4.79 Å². The minimum absolute atomic E-state index is 0.435. The Hall–Kier alpha value is -1.05. The number of aldehydes is 1. The third kappa shape index (κ3) is 2.80. The number of nitrogens with zero attached hydrogens (tertiary/aromatic N) is 1. The van der Waals surface area contributed by atoms with Gasteiger partial charge in [0.2, 0.25) is 0 Å². The smallest absolute Gasteiger partial charge is 0.166 e. The van der Waals surface area contributed by atoms with Gasteiger partial charge in [-0.15, -0.1) is 0 Å². The van der Waals surface area contributed by atoms with E-state index in [1.165, 1.54) is 32.1 Å². The van der Waals surface area contributed by atoms with Gasteiger partial charge < -0.3 is 4.57 Å². The summed E-state index contributed by atoms with van der Waals surface area (Å²) >= 11 is 0. The fourth-order valence-electron chi connectivity index (χ4n) is 3.46. The Balaban J connectivity index is 2.15. The lowest BCUT2D eigenvalue weighted by atomic mass is 9.78. The average Bonchev–Trinajstić information content (AvgIpc) is 2.87. The van der Waals surface area contributed by atoms with Crippen LogP contribution in [0.4, 0.5) is 0 Å². The molecule has 1 aliphatic carbocycles. The summed E-state index contributed by atoms with van der Waals surface area (Å²) in [6.07, 6.45) is 9.64. The molecule has 1 fully saturated rings. The van der Waals surface area contributed by atoms with Crippen LogP contribution in [0.15, 0.2) is 18.3 Å². The summed E-state index contributed by atoms with van der Waals surface area (Å²) in [7, 11) is 0. The molecule has 2 nitrogen and oxygen atoms in total. The summed E-state index contributed by atoms with van der Waals surface area (Å²) in [6, 6.07) is 3.88. The molecular formula is C15H23NO. The highest BCUT2D eigenvalue weighted by atomic mass is 16.1. The maximum Gasteiger partial charge on any atom is 0.166 e. The maximum absolute atomic E-state index is 11.0. The number of aromatic nitrogens is 1. The lowest BCUT2D eigenvalue weighted by Gasteiger charge is -2.32. The Bertz CT molecular complexity index is 372. The molecule has 0 radical (unpaired) electrons. The zero-order chi connectivity index (χ0) is 12.3. The van der Waals surface area contributed by atoms with Gasteiger partial charge in [0.1, 0.15) is 0 Å². The third-order valence-corrected chi connectivity index (χ3v) is 4.00. The number of carbonyl (C=O) groups is 1. The first kappa shape index (κ1) is 12.4. The van der Waals surface area contributed by atoms with Crippen molar-refractivity contribution in [2.24, 2.45) is 11.3 Å². The van der Waals surface area contributed by atoms with Crippen LogP contribution in [0.1, 0.15) is 56.4 Å². The zero-order valence-corrected chi connectivity index (χ0v) is 11.0. The van der Waals surface area contributed by atoms with Gasteiger partial charge in [0.05, 0.1) is 5.69 Å². The van der Waals surface area contributed by atoms with E-state index in [0.29, 0.717) is 5.41 Å². The molecule has 1 aromatic heterocycles. The summed E-state index contributed by atoms with van der Waals surface area (Å²) in [5.74, 6) is 0.739. The molecular weight excluding hydrogens is 210 g/mol. The first-order valence-corrected chi connectivity index (χ1v) is 6.75. The molecule has 0 amide bonds. The van der Waals surface area contributed by atoms with Gasteiger partial charge in [-0.05, 0) is 42.7 Å². The van der Waals surface area contributed by atoms with Gasteiger partial charge in [-0.25, -0.2) is 0 Å². The van der Waals surface area contributed by atoms with Crippen molar-refractivity contribution in [2.75, 3.05) is 0 Å². The Morgan fingerprint density at radius 2 is 2.12 bits per heavy atom. The molecule has 1 heterocycles. The fraction of sp³-hybridized carbons (Fsp3) is 0.667. The highest BCUT2D eigenvalue weighted by Crippen LogP contribution is 2.44. The molecule has 2 rings (SSSR count). The van der Waals surface area contributed by atoms with Crippen molar-refractivity contribution in [1.82, 2.24) is 4.57 Å². The van der Waals surface area contributed by atoms with E-state index in [4.69, 9.17) is 0 Å². The van der Waals surface area contributed by atoms with E-state index < -0.39 is 0 Å². The highest BCUT2D eigenvalue weighted by molar-refractivity contribution is 5.72. The van der Waals surface area contributed by atoms with Gasteiger partial charge in [-0.2, -0.15) is 0 Å². The van der Waals surface area contributed by atoms with Crippen LogP contribution in [0, 0.1) is 11.3 Å². The molecule has 94 valence electrons. The SMILES string of the molecule is CC(C)CC1(Cn2cccc2C=O)CCCC1. The van der Waals surface area contributed by atoms with Crippen LogP contribution in [0.2, 0.25) is 0 Å². The van der Waals surface area contributed by atoms with Crippen LogP contribution in [0.5, 0.6) is 0 Å². The molecule has 2 heteroatoms. The highest BCUT2D eigenvalue weighted by Gasteiger charge is 2.34. The molecule has 0 atom stereocenters. The predicted molar refractivity (Wildman–Crippen MR) is 70.2 cm³/mol. The second-order valence-electron chi connectivity index (χ2n) is 5.98. The van der Waals surface area contributed by atoms with Crippen LogP contribution < -0.4 is 0 Å². The first-order valence-electron chi connectivity index (χ1n) is 6.75. The number of hydrogen-bond acceptors (Lipinski definition) is 1. The quantitative estimate of drug-likeness (QED) is 0.707. The standard InChI is InChI=1S/C15H23NO/c1-13(2)10-15(7-3-4-8-15)12-16-9-5-6-14(16)11-17/h5-6,9,11,13H,3-4,7-8,10,12H2,1-2H3. The van der Waals surface area contributed by atoms with Crippen molar-refractivity contribution in [3.8, 4) is 0 Å². The van der Waals surface area contributed by atoms with Gasteiger partial charge in [0.15, 0.2) is 6.29 Å². The molecule has 1 aromatic rings. The van der Waals surface area contributed by atoms with E-state index in [1.807, 2.05) is 18.3 Å². The molecule has 1 saturated carbocycles. The monoisotopic (exact) mass is 233 g/mol. The largest absolute Gasteiger partial charge is 0.345 e. The summed E-state index contributed by atoms with van der Waals surface area (Å²) in [4.78, 5) is 11.0. The molecule has 0 bridgehead atoms. The Morgan fingerprint density at radius 1 is 1.41 bits per heavy atom.